The monoisotopic (exact) mass is 351 g/mol. The van der Waals surface area contributed by atoms with Gasteiger partial charge >= 0.3 is 0 Å². The Bertz CT molecular complexity index is 758. The van der Waals surface area contributed by atoms with Gasteiger partial charge in [-0.05, 0) is 25.5 Å². The molecule has 1 aromatic rings. The van der Waals surface area contributed by atoms with Crippen LogP contribution in [0.5, 0.6) is 0 Å². The van der Waals surface area contributed by atoms with E-state index in [2.05, 4.69) is 21.6 Å². The van der Waals surface area contributed by atoms with Crippen LogP contribution in [0.4, 0.5) is 0 Å². The first-order chi connectivity index (χ1) is 12.6. The van der Waals surface area contributed by atoms with Crippen molar-refractivity contribution in [2.24, 2.45) is 10.1 Å². The van der Waals surface area contributed by atoms with Gasteiger partial charge in [0, 0.05) is 49.7 Å². The Kier molecular flexibility index (Phi) is 5.51. The molecule has 136 valence electrons. The molecule has 0 saturated carbocycles. The highest BCUT2D eigenvalue weighted by Gasteiger charge is 2.27. The molecule has 0 radical (unpaired) electrons. The number of piperazine rings is 1. The topological polar surface area (TPSA) is 51.5 Å². The van der Waals surface area contributed by atoms with E-state index in [0.717, 1.165) is 36.6 Å². The maximum Gasteiger partial charge on any atom is 0.253 e. The minimum Gasteiger partial charge on any atom is -0.353 e. The molecule has 0 N–H and O–H groups in total. The zero-order valence-electron chi connectivity index (χ0n) is 15.4. The summed E-state index contributed by atoms with van der Waals surface area (Å²) in [7, 11) is 0. The average Bonchev–Trinajstić information content (AvgIpc) is 2.67. The van der Waals surface area contributed by atoms with E-state index < -0.39 is 0 Å². The largest absolute Gasteiger partial charge is 0.353 e. The number of hydrazone groups is 1. The molecular weight excluding hydrogens is 326 g/mol. The molecule has 0 aliphatic carbocycles. The lowest BCUT2D eigenvalue weighted by Crippen LogP contribution is -2.50. The SMILES string of the molecule is C=C1N=C(C)C=C(N2CCN(C(=O)c3ccccc3)CC2)N1/N=C\CC. The molecule has 1 amide bonds. The summed E-state index contributed by atoms with van der Waals surface area (Å²) in [5.41, 5.74) is 1.65. The molecule has 6 nitrogen and oxygen atoms in total. The van der Waals surface area contributed by atoms with Crippen LogP contribution >= 0.6 is 0 Å². The van der Waals surface area contributed by atoms with E-state index in [4.69, 9.17) is 0 Å². The number of amides is 1. The highest BCUT2D eigenvalue weighted by Crippen LogP contribution is 2.23. The van der Waals surface area contributed by atoms with Crippen molar-refractivity contribution in [1.82, 2.24) is 14.8 Å². The van der Waals surface area contributed by atoms with Crippen LogP contribution in [0, 0.1) is 0 Å². The molecule has 2 heterocycles. The summed E-state index contributed by atoms with van der Waals surface area (Å²) in [6, 6.07) is 9.44. The van der Waals surface area contributed by atoms with Crippen molar-refractivity contribution in [2.75, 3.05) is 26.2 Å². The third kappa shape index (κ3) is 3.85. The molecular formula is C20H25N5O. The molecule has 0 unspecified atom stereocenters. The fourth-order valence-electron chi connectivity index (χ4n) is 3.08. The van der Waals surface area contributed by atoms with Gasteiger partial charge in [-0.15, -0.1) is 0 Å². The number of hydrogen-bond acceptors (Lipinski definition) is 5. The summed E-state index contributed by atoms with van der Waals surface area (Å²) in [5.74, 6) is 1.68. The Hall–Kier alpha value is -2.89. The minimum absolute atomic E-state index is 0.0888. The van der Waals surface area contributed by atoms with Crippen molar-refractivity contribution in [2.45, 2.75) is 20.3 Å². The lowest BCUT2D eigenvalue weighted by Gasteiger charge is -2.40. The van der Waals surface area contributed by atoms with Gasteiger partial charge < -0.3 is 9.80 Å². The molecule has 1 fully saturated rings. The summed E-state index contributed by atoms with van der Waals surface area (Å²) in [6.07, 6.45) is 4.72. The van der Waals surface area contributed by atoms with Crippen LogP contribution < -0.4 is 0 Å². The van der Waals surface area contributed by atoms with Gasteiger partial charge in [0.15, 0.2) is 0 Å². The Morgan fingerprint density at radius 3 is 2.58 bits per heavy atom. The predicted molar refractivity (Wildman–Crippen MR) is 105 cm³/mol. The van der Waals surface area contributed by atoms with Crippen LogP contribution in [-0.4, -0.2) is 58.8 Å². The van der Waals surface area contributed by atoms with Crippen molar-refractivity contribution in [1.29, 1.82) is 0 Å². The van der Waals surface area contributed by atoms with Gasteiger partial charge in [-0.25, -0.2) is 10.0 Å². The quantitative estimate of drug-likeness (QED) is 0.784. The number of hydrogen-bond donors (Lipinski definition) is 0. The first-order valence-corrected chi connectivity index (χ1v) is 8.98. The number of carbonyl (C=O) groups is 1. The lowest BCUT2D eigenvalue weighted by molar-refractivity contribution is 0.0642. The maximum atomic E-state index is 12.6. The van der Waals surface area contributed by atoms with Crippen LogP contribution in [0.2, 0.25) is 0 Å². The molecule has 2 aliphatic heterocycles. The Balaban J connectivity index is 1.70. The second-order valence-corrected chi connectivity index (χ2v) is 6.34. The standard InChI is InChI=1S/C20H25N5O/c1-4-10-21-25-17(3)22-16(2)15-19(25)23-11-13-24(14-12-23)20(26)18-8-6-5-7-9-18/h5-10,15H,3-4,11-14H2,1-2H3/b21-10-. The van der Waals surface area contributed by atoms with Crippen LogP contribution in [-0.2, 0) is 0 Å². The Labute approximate surface area is 154 Å². The fourth-order valence-corrected chi connectivity index (χ4v) is 3.08. The lowest BCUT2D eigenvalue weighted by atomic mass is 10.2. The van der Waals surface area contributed by atoms with E-state index >= 15 is 0 Å². The van der Waals surface area contributed by atoms with E-state index in [1.165, 1.54) is 0 Å². The fraction of sp³-hybridized carbons (Fsp3) is 0.350. The molecule has 6 heteroatoms. The first-order valence-electron chi connectivity index (χ1n) is 8.98. The summed E-state index contributed by atoms with van der Waals surface area (Å²) >= 11 is 0. The summed E-state index contributed by atoms with van der Waals surface area (Å²) in [5, 5.41) is 6.27. The van der Waals surface area contributed by atoms with Gasteiger partial charge in [-0.2, -0.15) is 5.10 Å². The van der Waals surface area contributed by atoms with Gasteiger partial charge in [0.05, 0.1) is 0 Å². The van der Waals surface area contributed by atoms with Crippen molar-refractivity contribution in [3.63, 3.8) is 0 Å². The molecule has 2 aliphatic rings. The Morgan fingerprint density at radius 1 is 1.23 bits per heavy atom. The number of carbonyl (C=O) groups excluding carboxylic acids is 1. The summed E-state index contributed by atoms with van der Waals surface area (Å²) in [6.45, 7) is 10.9. The Morgan fingerprint density at radius 2 is 1.92 bits per heavy atom. The molecule has 1 saturated heterocycles. The number of aliphatic imine (C=N–C) groups is 1. The molecule has 0 spiro atoms. The van der Waals surface area contributed by atoms with Gasteiger partial charge in [0.1, 0.15) is 11.6 Å². The van der Waals surface area contributed by atoms with E-state index in [1.54, 1.807) is 5.01 Å². The third-order valence-electron chi connectivity index (χ3n) is 4.40. The van der Waals surface area contributed by atoms with Crippen LogP contribution in [0.15, 0.2) is 64.7 Å². The van der Waals surface area contributed by atoms with Gasteiger partial charge in [0.25, 0.3) is 5.91 Å². The zero-order valence-corrected chi connectivity index (χ0v) is 15.4. The smallest absolute Gasteiger partial charge is 0.253 e. The highest BCUT2D eigenvalue weighted by atomic mass is 16.2. The van der Waals surface area contributed by atoms with E-state index in [-0.39, 0.29) is 5.91 Å². The van der Waals surface area contributed by atoms with E-state index in [9.17, 15) is 4.79 Å². The normalized spacial score (nSPS) is 18.2. The van der Waals surface area contributed by atoms with Crippen molar-refractivity contribution in [3.8, 4) is 0 Å². The predicted octanol–water partition coefficient (Wildman–Crippen LogP) is 2.93. The van der Waals surface area contributed by atoms with Gasteiger partial charge in [-0.3, -0.25) is 4.79 Å². The van der Waals surface area contributed by atoms with Gasteiger partial charge in [0.2, 0.25) is 0 Å². The molecule has 0 aromatic heterocycles. The highest BCUT2D eigenvalue weighted by molar-refractivity contribution is 5.95. The molecule has 26 heavy (non-hydrogen) atoms. The number of benzene rings is 1. The van der Waals surface area contributed by atoms with Crippen LogP contribution in [0.25, 0.3) is 0 Å². The van der Waals surface area contributed by atoms with Crippen LogP contribution in [0.1, 0.15) is 30.6 Å². The first kappa shape index (κ1) is 17.9. The van der Waals surface area contributed by atoms with E-state index in [1.807, 2.05) is 61.4 Å². The van der Waals surface area contributed by atoms with E-state index in [0.29, 0.717) is 18.9 Å². The number of allylic oxidation sites excluding steroid dienone is 1. The number of nitrogens with zero attached hydrogens (tertiary/aromatic N) is 5. The molecule has 3 rings (SSSR count). The summed E-state index contributed by atoms with van der Waals surface area (Å²) < 4.78 is 0. The molecule has 0 bridgehead atoms. The molecule has 1 aromatic carbocycles. The maximum absolute atomic E-state index is 12.6. The van der Waals surface area contributed by atoms with Crippen LogP contribution in [0.3, 0.4) is 0 Å². The van der Waals surface area contributed by atoms with Crippen molar-refractivity contribution in [3.05, 3.63) is 60.2 Å². The zero-order chi connectivity index (χ0) is 18.5. The van der Waals surface area contributed by atoms with Crippen molar-refractivity contribution < 1.29 is 4.79 Å². The number of rotatable bonds is 4. The molecule has 0 atom stereocenters. The third-order valence-corrected chi connectivity index (χ3v) is 4.40. The second kappa shape index (κ2) is 7.99. The average molecular weight is 351 g/mol. The van der Waals surface area contributed by atoms with Gasteiger partial charge in [-0.1, -0.05) is 31.7 Å². The summed E-state index contributed by atoms with van der Waals surface area (Å²) in [4.78, 5) is 21.2. The van der Waals surface area contributed by atoms with Crippen molar-refractivity contribution >= 4 is 17.8 Å². The minimum atomic E-state index is 0.0888. The second-order valence-electron chi connectivity index (χ2n) is 6.34.